The standard InChI is InChI=1S/C13H17N5S/c1-3-15-13(19)17-10(2)11-4-6-12(7-5-11)18-9-14-8-16-18/h4-10H,3H2,1-2H3,(H2,15,17,19)/t10-/m1/s1. The molecule has 0 aliphatic rings. The summed E-state index contributed by atoms with van der Waals surface area (Å²) in [6, 6.07) is 8.31. The van der Waals surface area contributed by atoms with Crippen LogP contribution in [0.4, 0.5) is 0 Å². The third kappa shape index (κ3) is 3.51. The zero-order chi connectivity index (χ0) is 13.7. The molecule has 1 aromatic carbocycles. The molecule has 0 radical (unpaired) electrons. The third-order valence-corrected chi connectivity index (χ3v) is 3.02. The first-order valence-electron chi connectivity index (χ1n) is 6.20. The highest BCUT2D eigenvalue weighted by Crippen LogP contribution is 2.14. The van der Waals surface area contributed by atoms with Crippen molar-refractivity contribution in [1.82, 2.24) is 25.4 Å². The van der Waals surface area contributed by atoms with E-state index in [9.17, 15) is 0 Å². The minimum absolute atomic E-state index is 0.163. The van der Waals surface area contributed by atoms with E-state index in [4.69, 9.17) is 12.2 Å². The molecule has 6 heteroatoms. The Bertz CT molecular complexity index is 520. The van der Waals surface area contributed by atoms with Crippen molar-refractivity contribution in [3.8, 4) is 5.69 Å². The lowest BCUT2D eigenvalue weighted by atomic mass is 10.1. The molecule has 1 aromatic heterocycles. The van der Waals surface area contributed by atoms with Crippen molar-refractivity contribution >= 4 is 17.3 Å². The molecule has 0 amide bonds. The van der Waals surface area contributed by atoms with E-state index >= 15 is 0 Å². The maximum atomic E-state index is 5.18. The number of aromatic nitrogens is 3. The fourth-order valence-electron chi connectivity index (χ4n) is 1.75. The van der Waals surface area contributed by atoms with Crippen LogP contribution in [0.2, 0.25) is 0 Å². The van der Waals surface area contributed by atoms with Gasteiger partial charge in [-0.15, -0.1) is 0 Å². The molecular weight excluding hydrogens is 258 g/mol. The van der Waals surface area contributed by atoms with Crippen LogP contribution in [0.25, 0.3) is 5.69 Å². The largest absolute Gasteiger partial charge is 0.363 e. The lowest BCUT2D eigenvalue weighted by Crippen LogP contribution is -2.36. The summed E-state index contributed by atoms with van der Waals surface area (Å²) in [5.74, 6) is 0. The Balaban J connectivity index is 2.04. The number of thiocarbonyl (C=S) groups is 1. The van der Waals surface area contributed by atoms with Crippen LogP contribution in [-0.2, 0) is 0 Å². The van der Waals surface area contributed by atoms with Crippen molar-refractivity contribution in [1.29, 1.82) is 0 Å². The summed E-state index contributed by atoms with van der Waals surface area (Å²) in [4.78, 5) is 3.93. The summed E-state index contributed by atoms with van der Waals surface area (Å²) >= 11 is 5.18. The molecule has 2 aromatic rings. The maximum Gasteiger partial charge on any atom is 0.166 e. The molecule has 0 fully saturated rings. The molecule has 100 valence electrons. The van der Waals surface area contributed by atoms with Crippen LogP contribution in [-0.4, -0.2) is 26.4 Å². The Kier molecular flexibility index (Phi) is 4.46. The smallest absolute Gasteiger partial charge is 0.166 e. The average Bonchev–Trinajstić information content (AvgIpc) is 2.93. The second kappa shape index (κ2) is 6.29. The van der Waals surface area contributed by atoms with Crippen molar-refractivity contribution in [3.63, 3.8) is 0 Å². The van der Waals surface area contributed by atoms with Crippen LogP contribution in [0.5, 0.6) is 0 Å². The van der Waals surface area contributed by atoms with Crippen molar-refractivity contribution in [2.45, 2.75) is 19.9 Å². The Morgan fingerprint density at radius 2 is 2.11 bits per heavy atom. The molecule has 0 aliphatic carbocycles. The van der Waals surface area contributed by atoms with Gasteiger partial charge < -0.3 is 10.6 Å². The van der Waals surface area contributed by atoms with Crippen molar-refractivity contribution in [2.75, 3.05) is 6.54 Å². The van der Waals surface area contributed by atoms with Gasteiger partial charge in [0.25, 0.3) is 0 Å². The number of hydrogen-bond acceptors (Lipinski definition) is 3. The third-order valence-electron chi connectivity index (χ3n) is 2.76. The van der Waals surface area contributed by atoms with Gasteiger partial charge in [0, 0.05) is 6.54 Å². The van der Waals surface area contributed by atoms with Crippen molar-refractivity contribution in [3.05, 3.63) is 42.5 Å². The molecule has 0 unspecified atom stereocenters. The first-order valence-corrected chi connectivity index (χ1v) is 6.61. The summed E-state index contributed by atoms with van der Waals surface area (Å²) in [6.45, 7) is 4.92. The van der Waals surface area contributed by atoms with Crippen LogP contribution in [0, 0.1) is 0 Å². The minimum atomic E-state index is 0.163. The number of nitrogens with one attached hydrogen (secondary N) is 2. The topological polar surface area (TPSA) is 54.8 Å². The van der Waals surface area contributed by atoms with E-state index in [-0.39, 0.29) is 6.04 Å². The van der Waals surface area contributed by atoms with Gasteiger partial charge in [0.15, 0.2) is 5.11 Å². The Hall–Kier alpha value is -1.95. The highest BCUT2D eigenvalue weighted by atomic mass is 32.1. The van der Waals surface area contributed by atoms with Crippen molar-refractivity contribution < 1.29 is 0 Å². The van der Waals surface area contributed by atoms with E-state index in [0.717, 1.165) is 12.2 Å². The molecule has 0 spiro atoms. The highest BCUT2D eigenvalue weighted by Gasteiger charge is 2.06. The van der Waals surface area contributed by atoms with E-state index in [0.29, 0.717) is 5.11 Å². The van der Waals surface area contributed by atoms with Crippen LogP contribution < -0.4 is 10.6 Å². The van der Waals surface area contributed by atoms with Gasteiger partial charge in [0.1, 0.15) is 12.7 Å². The maximum absolute atomic E-state index is 5.18. The monoisotopic (exact) mass is 275 g/mol. The van der Waals surface area contributed by atoms with Gasteiger partial charge in [-0.05, 0) is 43.8 Å². The lowest BCUT2D eigenvalue weighted by molar-refractivity contribution is 0.701. The van der Waals surface area contributed by atoms with E-state index in [1.165, 1.54) is 11.9 Å². The Morgan fingerprint density at radius 1 is 1.37 bits per heavy atom. The highest BCUT2D eigenvalue weighted by molar-refractivity contribution is 7.80. The zero-order valence-electron chi connectivity index (χ0n) is 11.0. The second-order valence-corrected chi connectivity index (χ2v) is 4.57. The first kappa shape index (κ1) is 13.5. The number of rotatable bonds is 4. The van der Waals surface area contributed by atoms with E-state index in [1.807, 2.05) is 19.1 Å². The predicted molar refractivity (Wildman–Crippen MR) is 79.2 cm³/mol. The molecule has 2 N–H and O–H groups in total. The van der Waals surface area contributed by atoms with Gasteiger partial charge in [0.05, 0.1) is 11.7 Å². The fraction of sp³-hybridized carbons (Fsp3) is 0.308. The summed E-state index contributed by atoms with van der Waals surface area (Å²) in [5.41, 5.74) is 2.16. The Labute approximate surface area is 118 Å². The van der Waals surface area contributed by atoms with E-state index in [1.54, 1.807) is 11.0 Å². The van der Waals surface area contributed by atoms with Gasteiger partial charge in [-0.25, -0.2) is 9.67 Å². The molecule has 0 bridgehead atoms. The quantitative estimate of drug-likeness (QED) is 0.834. The average molecular weight is 275 g/mol. The van der Waals surface area contributed by atoms with Gasteiger partial charge >= 0.3 is 0 Å². The molecule has 5 nitrogen and oxygen atoms in total. The number of benzene rings is 1. The number of nitrogens with zero attached hydrogens (tertiary/aromatic N) is 3. The molecule has 1 atom stereocenters. The normalized spacial score (nSPS) is 11.9. The molecule has 0 aliphatic heterocycles. The lowest BCUT2D eigenvalue weighted by Gasteiger charge is -2.17. The first-order chi connectivity index (χ1) is 9.20. The van der Waals surface area contributed by atoms with Gasteiger partial charge in [0.2, 0.25) is 0 Å². The van der Waals surface area contributed by atoms with Crippen LogP contribution in [0.15, 0.2) is 36.9 Å². The molecule has 0 saturated heterocycles. The van der Waals surface area contributed by atoms with E-state index < -0.39 is 0 Å². The minimum Gasteiger partial charge on any atom is -0.363 e. The van der Waals surface area contributed by atoms with Crippen LogP contribution in [0.1, 0.15) is 25.5 Å². The predicted octanol–water partition coefficient (Wildman–Crippen LogP) is 1.81. The summed E-state index contributed by atoms with van der Waals surface area (Å²) in [5, 5.41) is 11.1. The zero-order valence-corrected chi connectivity index (χ0v) is 11.8. The number of hydrogen-bond donors (Lipinski definition) is 2. The summed E-state index contributed by atoms with van der Waals surface area (Å²) in [7, 11) is 0. The summed E-state index contributed by atoms with van der Waals surface area (Å²) < 4.78 is 1.73. The van der Waals surface area contributed by atoms with Gasteiger partial charge in [-0.2, -0.15) is 5.10 Å². The molecular formula is C13H17N5S. The molecule has 0 saturated carbocycles. The van der Waals surface area contributed by atoms with Gasteiger partial charge in [-0.3, -0.25) is 0 Å². The molecule has 1 heterocycles. The van der Waals surface area contributed by atoms with Crippen LogP contribution in [0.3, 0.4) is 0 Å². The van der Waals surface area contributed by atoms with Crippen LogP contribution >= 0.6 is 12.2 Å². The van der Waals surface area contributed by atoms with Gasteiger partial charge in [-0.1, -0.05) is 12.1 Å². The van der Waals surface area contributed by atoms with E-state index in [2.05, 4.69) is 39.8 Å². The molecule has 19 heavy (non-hydrogen) atoms. The second-order valence-electron chi connectivity index (χ2n) is 4.16. The SMILES string of the molecule is CCNC(=S)N[C@H](C)c1ccc(-n2cncn2)cc1. The summed E-state index contributed by atoms with van der Waals surface area (Å²) in [6.07, 6.45) is 3.20. The Morgan fingerprint density at radius 3 is 2.68 bits per heavy atom. The molecule has 2 rings (SSSR count). The van der Waals surface area contributed by atoms with Crippen molar-refractivity contribution in [2.24, 2.45) is 0 Å². The fourth-order valence-corrected chi connectivity index (χ4v) is 2.07.